The van der Waals surface area contributed by atoms with Crippen molar-refractivity contribution >= 4 is 11.7 Å². The fourth-order valence-electron chi connectivity index (χ4n) is 1.10. The number of carbonyl (C=O) groups excluding carboxylic acids is 2. The molecular formula is C8H11NO2. The SMILES string of the molecule is C=CC(C)N1CC(=O)CC1=O. The van der Waals surface area contributed by atoms with E-state index < -0.39 is 0 Å². The van der Waals surface area contributed by atoms with Crippen LogP contribution in [0.3, 0.4) is 0 Å². The van der Waals surface area contributed by atoms with Crippen molar-refractivity contribution in [1.82, 2.24) is 4.90 Å². The quantitative estimate of drug-likeness (QED) is 0.424. The fraction of sp³-hybridized carbons (Fsp3) is 0.500. The second-order valence-electron chi connectivity index (χ2n) is 2.71. The molecule has 1 fully saturated rings. The maximum atomic E-state index is 11.0. The molecule has 1 saturated heterocycles. The van der Waals surface area contributed by atoms with E-state index in [0.717, 1.165) is 0 Å². The zero-order valence-electron chi connectivity index (χ0n) is 6.54. The minimum Gasteiger partial charge on any atom is -0.329 e. The lowest BCUT2D eigenvalue weighted by Crippen LogP contribution is -2.32. The van der Waals surface area contributed by atoms with E-state index in [1.807, 2.05) is 6.92 Å². The van der Waals surface area contributed by atoms with Crippen molar-refractivity contribution in [2.45, 2.75) is 19.4 Å². The van der Waals surface area contributed by atoms with Gasteiger partial charge in [-0.25, -0.2) is 0 Å². The van der Waals surface area contributed by atoms with Crippen LogP contribution >= 0.6 is 0 Å². The van der Waals surface area contributed by atoms with Crippen LogP contribution in [0, 0.1) is 0 Å². The average molecular weight is 153 g/mol. The Balaban J connectivity index is 2.66. The third-order valence-electron chi connectivity index (χ3n) is 1.85. The number of rotatable bonds is 2. The minimum atomic E-state index is -0.0811. The van der Waals surface area contributed by atoms with E-state index in [2.05, 4.69) is 6.58 Å². The molecule has 1 aliphatic heterocycles. The van der Waals surface area contributed by atoms with Crippen molar-refractivity contribution in [3.63, 3.8) is 0 Å². The molecule has 0 saturated carbocycles. The van der Waals surface area contributed by atoms with Crippen molar-refractivity contribution < 1.29 is 9.59 Å². The number of likely N-dealkylation sites (tertiary alicyclic amines) is 1. The second-order valence-corrected chi connectivity index (χ2v) is 2.71. The zero-order chi connectivity index (χ0) is 8.43. The number of amides is 1. The van der Waals surface area contributed by atoms with Crippen LogP contribution in [0.25, 0.3) is 0 Å². The second kappa shape index (κ2) is 2.86. The van der Waals surface area contributed by atoms with Gasteiger partial charge in [0.1, 0.15) is 0 Å². The monoisotopic (exact) mass is 153 g/mol. The highest BCUT2D eigenvalue weighted by molar-refractivity contribution is 6.05. The predicted molar refractivity (Wildman–Crippen MR) is 41.0 cm³/mol. The molecule has 0 spiro atoms. The fourth-order valence-corrected chi connectivity index (χ4v) is 1.10. The summed E-state index contributed by atoms with van der Waals surface area (Å²) in [6.07, 6.45) is 1.73. The number of hydrogen-bond donors (Lipinski definition) is 0. The van der Waals surface area contributed by atoms with Gasteiger partial charge in [0.2, 0.25) is 5.91 Å². The van der Waals surface area contributed by atoms with Crippen molar-refractivity contribution in [2.75, 3.05) is 6.54 Å². The van der Waals surface area contributed by atoms with Gasteiger partial charge in [-0.2, -0.15) is 0 Å². The highest BCUT2D eigenvalue weighted by Gasteiger charge is 2.29. The summed E-state index contributed by atoms with van der Waals surface area (Å²) in [5.41, 5.74) is 0. The molecule has 0 bridgehead atoms. The van der Waals surface area contributed by atoms with Crippen LogP contribution in [-0.4, -0.2) is 29.2 Å². The summed E-state index contributed by atoms with van der Waals surface area (Å²) >= 11 is 0. The van der Waals surface area contributed by atoms with Crippen molar-refractivity contribution in [3.8, 4) is 0 Å². The van der Waals surface area contributed by atoms with E-state index >= 15 is 0 Å². The third kappa shape index (κ3) is 1.48. The van der Waals surface area contributed by atoms with Gasteiger partial charge in [-0.1, -0.05) is 6.08 Å². The number of Topliss-reactive ketones (excluding diaryl/α,β-unsaturated/α-hetero) is 1. The molecule has 11 heavy (non-hydrogen) atoms. The van der Waals surface area contributed by atoms with Crippen LogP contribution in [0.4, 0.5) is 0 Å². The number of nitrogens with zero attached hydrogens (tertiary/aromatic N) is 1. The standard InChI is InChI=1S/C8H11NO2/c1-3-6(2)9-5-7(10)4-8(9)11/h3,6H,1,4-5H2,2H3. The third-order valence-corrected chi connectivity index (χ3v) is 1.85. The van der Waals surface area contributed by atoms with Crippen molar-refractivity contribution in [3.05, 3.63) is 12.7 Å². The molecule has 3 nitrogen and oxygen atoms in total. The Morgan fingerprint density at radius 1 is 1.64 bits per heavy atom. The summed E-state index contributed by atoms with van der Waals surface area (Å²) in [5.74, 6) is -0.0777. The molecule has 1 aliphatic rings. The van der Waals surface area contributed by atoms with Gasteiger partial charge in [0, 0.05) is 6.04 Å². The Kier molecular flexibility index (Phi) is 2.08. The van der Waals surface area contributed by atoms with E-state index in [4.69, 9.17) is 0 Å². The van der Waals surface area contributed by atoms with Gasteiger partial charge in [-0.05, 0) is 6.92 Å². The smallest absolute Gasteiger partial charge is 0.230 e. The average Bonchev–Trinajstić information content (AvgIpc) is 2.28. The van der Waals surface area contributed by atoms with Gasteiger partial charge in [-0.15, -0.1) is 6.58 Å². The van der Waals surface area contributed by atoms with Crippen molar-refractivity contribution in [1.29, 1.82) is 0 Å². The first-order valence-electron chi connectivity index (χ1n) is 3.59. The van der Waals surface area contributed by atoms with Gasteiger partial charge in [0.05, 0.1) is 13.0 Å². The Bertz CT molecular complexity index is 210. The molecule has 0 aromatic carbocycles. The first-order chi connectivity index (χ1) is 5.15. The number of hydrogen-bond acceptors (Lipinski definition) is 2. The first kappa shape index (κ1) is 7.98. The summed E-state index contributed by atoms with van der Waals surface area (Å²) in [6, 6.07) is -0.0195. The summed E-state index contributed by atoms with van der Waals surface area (Å²) in [6.45, 7) is 5.67. The van der Waals surface area contributed by atoms with E-state index in [-0.39, 0.29) is 30.7 Å². The Labute approximate surface area is 65.7 Å². The van der Waals surface area contributed by atoms with Gasteiger partial charge in [0.25, 0.3) is 0 Å². The molecule has 1 unspecified atom stereocenters. The molecular weight excluding hydrogens is 142 g/mol. The molecule has 0 aliphatic carbocycles. The maximum absolute atomic E-state index is 11.0. The van der Waals surface area contributed by atoms with Crippen LogP contribution in [0.1, 0.15) is 13.3 Å². The summed E-state index contributed by atoms with van der Waals surface area (Å²) in [5, 5.41) is 0. The van der Waals surface area contributed by atoms with Crippen LogP contribution in [0.5, 0.6) is 0 Å². The van der Waals surface area contributed by atoms with Gasteiger partial charge in [-0.3, -0.25) is 9.59 Å². The molecule has 0 aromatic heterocycles. The van der Waals surface area contributed by atoms with E-state index in [0.29, 0.717) is 0 Å². The first-order valence-corrected chi connectivity index (χ1v) is 3.59. The predicted octanol–water partition coefficient (Wildman–Crippen LogP) is 0.362. The number of ketones is 1. The van der Waals surface area contributed by atoms with Crippen LogP contribution in [0.2, 0.25) is 0 Å². The summed E-state index contributed by atoms with van der Waals surface area (Å²) in [7, 11) is 0. The summed E-state index contributed by atoms with van der Waals surface area (Å²) < 4.78 is 0. The van der Waals surface area contributed by atoms with Crippen LogP contribution in [0.15, 0.2) is 12.7 Å². The lowest BCUT2D eigenvalue weighted by Gasteiger charge is -2.19. The maximum Gasteiger partial charge on any atom is 0.230 e. The Morgan fingerprint density at radius 2 is 2.27 bits per heavy atom. The molecule has 0 aromatic rings. The normalized spacial score (nSPS) is 20.6. The highest BCUT2D eigenvalue weighted by Crippen LogP contribution is 2.10. The molecule has 0 radical (unpaired) electrons. The van der Waals surface area contributed by atoms with E-state index in [1.54, 1.807) is 6.08 Å². The van der Waals surface area contributed by atoms with Gasteiger partial charge < -0.3 is 4.90 Å². The highest BCUT2D eigenvalue weighted by atomic mass is 16.2. The lowest BCUT2D eigenvalue weighted by atomic mass is 10.3. The Morgan fingerprint density at radius 3 is 2.64 bits per heavy atom. The minimum absolute atomic E-state index is 0.00343. The topological polar surface area (TPSA) is 37.4 Å². The van der Waals surface area contributed by atoms with E-state index in [1.165, 1.54) is 4.90 Å². The van der Waals surface area contributed by atoms with Gasteiger partial charge in [0.15, 0.2) is 5.78 Å². The molecule has 1 amide bonds. The van der Waals surface area contributed by atoms with Crippen LogP contribution in [-0.2, 0) is 9.59 Å². The number of carbonyl (C=O) groups is 2. The molecule has 1 rings (SSSR count). The summed E-state index contributed by atoms with van der Waals surface area (Å²) in [4.78, 5) is 23.4. The molecule has 1 heterocycles. The molecule has 60 valence electrons. The molecule has 3 heteroatoms. The molecule has 0 N–H and O–H groups in total. The largest absolute Gasteiger partial charge is 0.329 e. The van der Waals surface area contributed by atoms with Crippen LogP contribution < -0.4 is 0 Å². The van der Waals surface area contributed by atoms with Crippen molar-refractivity contribution in [2.24, 2.45) is 0 Å². The molecule has 1 atom stereocenters. The Hall–Kier alpha value is -1.12. The van der Waals surface area contributed by atoms with Gasteiger partial charge >= 0.3 is 0 Å². The zero-order valence-corrected chi connectivity index (χ0v) is 6.54. The van der Waals surface area contributed by atoms with E-state index in [9.17, 15) is 9.59 Å². The lowest BCUT2D eigenvalue weighted by molar-refractivity contribution is -0.128.